The van der Waals surface area contributed by atoms with Gasteiger partial charge < -0.3 is 5.32 Å². The summed E-state index contributed by atoms with van der Waals surface area (Å²) in [6.07, 6.45) is 3.20. The lowest BCUT2D eigenvalue weighted by molar-refractivity contribution is 0.628. The lowest BCUT2D eigenvalue weighted by Crippen LogP contribution is -2.01. The van der Waals surface area contributed by atoms with E-state index in [1.165, 1.54) is 12.1 Å². The summed E-state index contributed by atoms with van der Waals surface area (Å²) in [7, 11) is 1.80. The minimum atomic E-state index is -0.268. The number of anilines is 1. The highest BCUT2D eigenvalue weighted by Gasteiger charge is 2.10. The standard InChI is InChI=1S/C20H17FN4/c1-4-13(12-22-2)19-24-18-9-8-15(11-17(18)20(23-3)25-19)14-6-5-7-16(21)10-14/h4-12H,1-2H2,3H3,(H,23,24,25)/b13-12+. The van der Waals surface area contributed by atoms with Gasteiger partial charge in [0, 0.05) is 24.2 Å². The van der Waals surface area contributed by atoms with E-state index in [9.17, 15) is 4.39 Å². The molecular weight excluding hydrogens is 315 g/mol. The van der Waals surface area contributed by atoms with Crippen LogP contribution in [0.1, 0.15) is 5.82 Å². The first-order valence-corrected chi connectivity index (χ1v) is 7.70. The van der Waals surface area contributed by atoms with Crippen molar-refractivity contribution in [1.82, 2.24) is 9.97 Å². The van der Waals surface area contributed by atoms with Crippen LogP contribution in [-0.2, 0) is 0 Å². The summed E-state index contributed by atoms with van der Waals surface area (Å²) in [5.74, 6) is 0.920. The van der Waals surface area contributed by atoms with E-state index in [4.69, 9.17) is 0 Å². The molecule has 0 saturated carbocycles. The van der Waals surface area contributed by atoms with Crippen molar-refractivity contribution >= 4 is 29.0 Å². The van der Waals surface area contributed by atoms with E-state index in [1.807, 2.05) is 24.3 Å². The average molecular weight is 332 g/mol. The number of fused-ring (bicyclic) bond motifs is 1. The second-order valence-corrected chi connectivity index (χ2v) is 5.36. The summed E-state index contributed by atoms with van der Waals surface area (Å²) in [4.78, 5) is 12.9. The van der Waals surface area contributed by atoms with E-state index >= 15 is 0 Å². The van der Waals surface area contributed by atoms with Crippen molar-refractivity contribution < 1.29 is 4.39 Å². The third-order valence-electron chi connectivity index (χ3n) is 3.80. The zero-order chi connectivity index (χ0) is 17.8. The second kappa shape index (κ2) is 7.05. The highest BCUT2D eigenvalue weighted by Crippen LogP contribution is 2.29. The maximum atomic E-state index is 13.5. The van der Waals surface area contributed by atoms with E-state index in [-0.39, 0.29) is 5.82 Å². The molecule has 1 N–H and O–H groups in total. The van der Waals surface area contributed by atoms with Gasteiger partial charge in [-0.15, -0.1) is 0 Å². The van der Waals surface area contributed by atoms with Crippen molar-refractivity contribution in [2.45, 2.75) is 0 Å². The molecular formula is C20H17FN4. The quantitative estimate of drug-likeness (QED) is 0.544. The summed E-state index contributed by atoms with van der Waals surface area (Å²) in [5.41, 5.74) is 3.15. The summed E-state index contributed by atoms with van der Waals surface area (Å²) >= 11 is 0. The molecule has 0 aliphatic heterocycles. The van der Waals surface area contributed by atoms with Gasteiger partial charge in [-0.1, -0.05) is 30.9 Å². The number of aliphatic imine (C=N–C) groups is 1. The molecule has 0 aliphatic rings. The van der Waals surface area contributed by atoms with Gasteiger partial charge in [-0.3, -0.25) is 4.99 Å². The number of benzene rings is 2. The SMILES string of the molecule is C=C/C(=C\N=C)c1nc(NC)c2cc(-c3cccc(F)c3)ccc2n1. The van der Waals surface area contributed by atoms with Gasteiger partial charge in [0.05, 0.1) is 5.52 Å². The van der Waals surface area contributed by atoms with Gasteiger partial charge in [-0.25, -0.2) is 14.4 Å². The first kappa shape index (κ1) is 16.5. The Labute approximate surface area is 145 Å². The second-order valence-electron chi connectivity index (χ2n) is 5.36. The summed E-state index contributed by atoms with van der Waals surface area (Å²) in [6.45, 7) is 7.22. The summed E-state index contributed by atoms with van der Waals surface area (Å²) in [6, 6.07) is 12.2. The predicted molar refractivity (Wildman–Crippen MR) is 102 cm³/mol. The molecule has 124 valence electrons. The van der Waals surface area contributed by atoms with Gasteiger partial charge in [0.2, 0.25) is 0 Å². The molecule has 4 nitrogen and oxygen atoms in total. The van der Waals surface area contributed by atoms with Gasteiger partial charge in [0.25, 0.3) is 0 Å². The molecule has 1 heterocycles. The third-order valence-corrected chi connectivity index (χ3v) is 3.80. The molecule has 0 unspecified atom stereocenters. The fourth-order valence-electron chi connectivity index (χ4n) is 2.60. The van der Waals surface area contributed by atoms with Gasteiger partial charge in [0.1, 0.15) is 11.6 Å². The van der Waals surface area contributed by atoms with Crippen molar-refractivity contribution in [2.75, 3.05) is 12.4 Å². The van der Waals surface area contributed by atoms with Gasteiger partial charge >= 0.3 is 0 Å². The van der Waals surface area contributed by atoms with Crippen LogP contribution >= 0.6 is 0 Å². The third kappa shape index (κ3) is 3.30. The van der Waals surface area contributed by atoms with Crippen LogP contribution < -0.4 is 5.32 Å². The fraction of sp³-hybridized carbons (Fsp3) is 0.0500. The molecule has 1 aromatic heterocycles. The van der Waals surface area contributed by atoms with Crippen LogP contribution in [0, 0.1) is 5.82 Å². The zero-order valence-electron chi connectivity index (χ0n) is 13.8. The van der Waals surface area contributed by atoms with E-state index in [0.717, 1.165) is 22.0 Å². The number of allylic oxidation sites excluding steroid dienone is 2. The van der Waals surface area contributed by atoms with Crippen LogP contribution in [0.4, 0.5) is 10.2 Å². The van der Waals surface area contributed by atoms with Crippen LogP contribution in [-0.4, -0.2) is 23.7 Å². The van der Waals surface area contributed by atoms with Crippen molar-refractivity contribution in [2.24, 2.45) is 4.99 Å². The highest BCUT2D eigenvalue weighted by atomic mass is 19.1. The normalized spacial score (nSPS) is 11.4. The smallest absolute Gasteiger partial charge is 0.163 e. The number of halogens is 1. The van der Waals surface area contributed by atoms with Crippen LogP contribution in [0.15, 0.2) is 66.3 Å². The first-order chi connectivity index (χ1) is 12.2. The molecule has 3 aromatic rings. The Hall–Kier alpha value is -3.34. The van der Waals surface area contributed by atoms with E-state index in [2.05, 4.69) is 33.6 Å². The van der Waals surface area contributed by atoms with Crippen LogP contribution in [0.5, 0.6) is 0 Å². The molecule has 0 bridgehead atoms. The molecule has 0 saturated heterocycles. The maximum Gasteiger partial charge on any atom is 0.163 e. The van der Waals surface area contributed by atoms with Crippen molar-refractivity contribution in [1.29, 1.82) is 0 Å². The molecule has 0 aliphatic carbocycles. The van der Waals surface area contributed by atoms with Crippen LogP contribution in [0.25, 0.3) is 27.6 Å². The Morgan fingerprint density at radius 2 is 1.96 bits per heavy atom. The number of hydrogen-bond donors (Lipinski definition) is 1. The molecule has 0 fully saturated rings. The number of hydrogen-bond acceptors (Lipinski definition) is 4. The maximum absolute atomic E-state index is 13.5. The first-order valence-electron chi connectivity index (χ1n) is 7.70. The van der Waals surface area contributed by atoms with Crippen molar-refractivity contribution in [3.8, 4) is 11.1 Å². The summed E-state index contributed by atoms with van der Waals surface area (Å²) < 4.78 is 13.5. The lowest BCUT2D eigenvalue weighted by Gasteiger charge is -2.10. The molecule has 0 atom stereocenters. The molecule has 0 spiro atoms. The largest absolute Gasteiger partial charge is 0.373 e. The summed E-state index contributed by atoms with van der Waals surface area (Å²) in [5, 5.41) is 3.94. The Balaban J connectivity index is 2.19. The Morgan fingerprint density at radius 3 is 2.64 bits per heavy atom. The van der Waals surface area contributed by atoms with Gasteiger partial charge in [0.15, 0.2) is 5.82 Å². The van der Waals surface area contributed by atoms with Crippen molar-refractivity contribution in [3.05, 3.63) is 73.0 Å². The van der Waals surface area contributed by atoms with E-state index in [1.54, 1.807) is 25.4 Å². The molecule has 0 radical (unpaired) electrons. The van der Waals surface area contributed by atoms with Crippen LogP contribution in [0.3, 0.4) is 0 Å². The van der Waals surface area contributed by atoms with E-state index in [0.29, 0.717) is 17.2 Å². The van der Waals surface area contributed by atoms with Gasteiger partial charge in [-0.05, 0) is 42.1 Å². The Morgan fingerprint density at radius 1 is 1.16 bits per heavy atom. The fourth-order valence-corrected chi connectivity index (χ4v) is 2.60. The number of aromatic nitrogens is 2. The highest BCUT2D eigenvalue weighted by molar-refractivity contribution is 5.93. The molecule has 0 amide bonds. The topological polar surface area (TPSA) is 50.2 Å². The number of nitrogens with one attached hydrogen (secondary N) is 1. The average Bonchev–Trinajstić information content (AvgIpc) is 2.64. The Bertz CT molecular complexity index is 992. The molecule has 2 aromatic carbocycles. The molecule has 5 heteroatoms. The van der Waals surface area contributed by atoms with E-state index < -0.39 is 0 Å². The molecule has 3 rings (SSSR count). The predicted octanol–water partition coefficient (Wildman–Crippen LogP) is 4.71. The van der Waals surface area contributed by atoms with Crippen LogP contribution in [0.2, 0.25) is 0 Å². The minimum Gasteiger partial charge on any atom is -0.373 e. The number of nitrogens with zero attached hydrogens (tertiary/aromatic N) is 3. The minimum absolute atomic E-state index is 0.268. The number of rotatable bonds is 5. The van der Waals surface area contributed by atoms with Crippen molar-refractivity contribution in [3.63, 3.8) is 0 Å². The monoisotopic (exact) mass is 332 g/mol. The van der Waals surface area contributed by atoms with Gasteiger partial charge in [-0.2, -0.15) is 0 Å². The molecule has 25 heavy (non-hydrogen) atoms. The zero-order valence-corrected chi connectivity index (χ0v) is 13.8. The lowest BCUT2D eigenvalue weighted by atomic mass is 10.0. The Kier molecular flexibility index (Phi) is 4.66.